The average Bonchev–Trinajstić information content (AvgIpc) is 2.10. The fourth-order valence-electron chi connectivity index (χ4n) is 1.42. The molecule has 0 aliphatic carbocycles. The Morgan fingerprint density at radius 1 is 1.23 bits per heavy atom. The number of aliphatic carboxylic acids is 1. The average molecular weight is 188 g/mol. The van der Waals surface area contributed by atoms with Gasteiger partial charge < -0.3 is 10.2 Å². The molecule has 0 fully saturated rings. The molecule has 0 aromatic heterocycles. The second-order valence-corrected chi connectivity index (χ2v) is 3.40. The van der Waals surface area contributed by atoms with E-state index in [0.717, 1.165) is 38.5 Å². The monoisotopic (exact) mass is 188 g/mol. The Balaban J connectivity index is 3.51. The Hall–Kier alpha value is -0.570. The van der Waals surface area contributed by atoms with Crippen molar-refractivity contribution in [3.05, 3.63) is 0 Å². The molecule has 3 nitrogen and oxygen atoms in total. The normalized spacial score (nSPS) is 12.8. The molecular weight excluding hydrogens is 168 g/mol. The topological polar surface area (TPSA) is 57.5 Å². The molecule has 3 heteroatoms. The zero-order valence-corrected chi connectivity index (χ0v) is 8.33. The van der Waals surface area contributed by atoms with E-state index in [1.807, 2.05) is 6.92 Å². The lowest BCUT2D eigenvalue weighted by molar-refractivity contribution is -0.142. The zero-order valence-electron chi connectivity index (χ0n) is 8.33. The summed E-state index contributed by atoms with van der Waals surface area (Å²) in [6.45, 7) is 2.22. The third-order valence-electron chi connectivity index (χ3n) is 2.20. The summed E-state index contributed by atoms with van der Waals surface area (Å²) in [7, 11) is 0. The fourth-order valence-corrected chi connectivity index (χ4v) is 1.42. The number of unbranched alkanes of at least 4 members (excludes halogenated alkanes) is 2. The van der Waals surface area contributed by atoms with E-state index in [9.17, 15) is 4.79 Å². The van der Waals surface area contributed by atoms with Gasteiger partial charge in [0.15, 0.2) is 0 Å². The highest BCUT2D eigenvalue weighted by Crippen LogP contribution is 2.15. The number of carbonyl (C=O) groups is 1. The number of aliphatic hydroxyl groups excluding tert-OH is 1. The lowest BCUT2D eigenvalue weighted by Crippen LogP contribution is -2.13. The largest absolute Gasteiger partial charge is 0.481 e. The van der Waals surface area contributed by atoms with Crippen molar-refractivity contribution in [2.75, 3.05) is 6.61 Å². The fraction of sp³-hybridized carbons (Fsp3) is 0.900. The molecule has 0 bridgehead atoms. The first-order valence-corrected chi connectivity index (χ1v) is 5.06. The Morgan fingerprint density at radius 2 is 1.92 bits per heavy atom. The van der Waals surface area contributed by atoms with Crippen LogP contribution in [0, 0.1) is 5.92 Å². The number of rotatable bonds is 8. The minimum Gasteiger partial charge on any atom is -0.481 e. The molecule has 0 radical (unpaired) electrons. The van der Waals surface area contributed by atoms with Crippen LogP contribution in [0.3, 0.4) is 0 Å². The van der Waals surface area contributed by atoms with E-state index in [2.05, 4.69) is 0 Å². The Bertz CT molecular complexity index is 134. The zero-order chi connectivity index (χ0) is 10.1. The number of hydrogen-bond acceptors (Lipinski definition) is 2. The number of aliphatic hydroxyl groups is 1. The van der Waals surface area contributed by atoms with Gasteiger partial charge in [0.1, 0.15) is 0 Å². The van der Waals surface area contributed by atoms with Crippen LogP contribution < -0.4 is 0 Å². The van der Waals surface area contributed by atoms with Gasteiger partial charge in [0.2, 0.25) is 0 Å². The molecule has 0 saturated carbocycles. The molecule has 0 aliphatic rings. The number of carboxylic acids is 1. The summed E-state index contributed by atoms with van der Waals surface area (Å²) in [5, 5.41) is 17.3. The number of hydrogen-bond donors (Lipinski definition) is 2. The molecule has 78 valence electrons. The molecule has 0 aromatic rings. The van der Waals surface area contributed by atoms with Crippen LogP contribution in [-0.4, -0.2) is 22.8 Å². The lowest BCUT2D eigenvalue weighted by Gasteiger charge is -2.09. The first-order chi connectivity index (χ1) is 6.22. The predicted molar refractivity (Wildman–Crippen MR) is 51.6 cm³/mol. The van der Waals surface area contributed by atoms with Crippen molar-refractivity contribution >= 4 is 5.97 Å². The maximum atomic E-state index is 10.7. The van der Waals surface area contributed by atoms with Crippen molar-refractivity contribution in [1.29, 1.82) is 0 Å². The van der Waals surface area contributed by atoms with E-state index in [4.69, 9.17) is 10.2 Å². The molecule has 0 spiro atoms. The van der Waals surface area contributed by atoms with Gasteiger partial charge in [-0.05, 0) is 19.3 Å². The minimum absolute atomic E-state index is 0.177. The maximum absolute atomic E-state index is 10.7. The van der Waals surface area contributed by atoms with Crippen molar-refractivity contribution in [3.8, 4) is 0 Å². The predicted octanol–water partition coefficient (Wildman–Crippen LogP) is 2.04. The molecule has 1 atom stereocenters. The molecule has 0 heterocycles. The molecule has 1 unspecified atom stereocenters. The summed E-state index contributed by atoms with van der Waals surface area (Å²) in [6.07, 6.45) is 5.09. The second-order valence-electron chi connectivity index (χ2n) is 3.40. The molecule has 0 aliphatic heterocycles. The van der Waals surface area contributed by atoms with E-state index >= 15 is 0 Å². The molecule has 2 N–H and O–H groups in total. The van der Waals surface area contributed by atoms with Crippen molar-refractivity contribution < 1.29 is 15.0 Å². The van der Waals surface area contributed by atoms with Gasteiger partial charge in [0.05, 0.1) is 5.92 Å². The van der Waals surface area contributed by atoms with Gasteiger partial charge in [-0.1, -0.05) is 26.2 Å². The van der Waals surface area contributed by atoms with Gasteiger partial charge >= 0.3 is 5.97 Å². The van der Waals surface area contributed by atoms with Crippen LogP contribution in [-0.2, 0) is 4.79 Å². The van der Waals surface area contributed by atoms with E-state index in [-0.39, 0.29) is 12.5 Å². The maximum Gasteiger partial charge on any atom is 0.306 e. The third-order valence-corrected chi connectivity index (χ3v) is 2.20. The molecular formula is C10H20O3. The molecule has 13 heavy (non-hydrogen) atoms. The first kappa shape index (κ1) is 12.4. The highest BCUT2D eigenvalue weighted by Gasteiger charge is 2.14. The Labute approximate surface area is 79.8 Å². The standard InChI is InChI=1S/C10H20O3/c1-2-6-9(10(12)13)7-4-3-5-8-11/h9,11H,2-8H2,1H3,(H,12,13). The van der Waals surface area contributed by atoms with Crippen molar-refractivity contribution in [3.63, 3.8) is 0 Å². The van der Waals surface area contributed by atoms with E-state index in [1.54, 1.807) is 0 Å². The quantitative estimate of drug-likeness (QED) is 0.573. The molecule has 0 saturated heterocycles. The van der Waals surface area contributed by atoms with Crippen LogP contribution in [0.5, 0.6) is 0 Å². The SMILES string of the molecule is CCCC(CCCCCO)C(=O)O. The second kappa shape index (κ2) is 8.05. The molecule has 0 aromatic carbocycles. The van der Waals surface area contributed by atoms with E-state index < -0.39 is 5.97 Å². The van der Waals surface area contributed by atoms with Crippen molar-refractivity contribution in [2.45, 2.75) is 45.4 Å². The van der Waals surface area contributed by atoms with Crippen molar-refractivity contribution in [2.24, 2.45) is 5.92 Å². The van der Waals surface area contributed by atoms with Crippen molar-refractivity contribution in [1.82, 2.24) is 0 Å². The Kier molecular flexibility index (Phi) is 7.69. The number of carboxylic acid groups (broad SMARTS) is 1. The summed E-state index contributed by atoms with van der Waals surface area (Å²) in [6, 6.07) is 0. The summed E-state index contributed by atoms with van der Waals surface area (Å²) in [5.74, 6) is -0.852. The summed E-state index contributed by atoms with van der Waals surface area (Å²) >= 11 is 0. The Morgan fingerprint density at radius 3 is 2.38 bits per heavy atom. The molecule has 0 rings (SSSR count). The van der Waals surface area contributed by atoms with Crippen LogP contribution in [0.25, 0.3) is 0 Å². The van der Waals surface area contributed by atoms with Gasteiger partial charge in [0, 0.05) is 6.61 Å². The first-order valence-electron chi connectivity index (χ1n) is 5.06. The smallest absolute Gasteiger partial charge is 0.306 e. The molecule has 0 amide bonds. The van der Waals surface area contributed by atoms with Crippen LogP contribution in [0.4, 0.5) is 0 Å². The van der Waals surface area contributed by atoms with Gasteiger partial charge in [-0.15, -0.1) is 0 Å². The summed E-state index contributed by atoms with van der Waals surface area (Å²) in [4.78, 5) is 10.7. The van der Waals surface area contributed by atoms with Crippen LogP contribution in [0.2, 0.25) is 0 Å². The van der Waals surface area contributed by atoms with Gasteiger partial charge in [-0.2, -0.15) is 0 Å². The van der Waals surface area contributed by atoms with Gasteiger partial charge in [-0.25, -0.2) is 0 Å². The van der Waals surface area contributed by atoms with E-state index in [0.29, 0.717) is 0 Å². The van der Waals surface area contributed by atoms with Gasteiger partial charge in [-0.3, -0.25) is 4.79 Å². The lowest BCUT2D eigenvalue weighted by atomic mass is 9.97. The summed E-state index contributed by atoms with van der Waals surface area (Å²) < 4.78 is 0. The van der Waals surface area contributed by atoms with Gasteiger partial charge in [0.25, 0.3) is 0 Å². The summed E-state index contributed by atoms with van der Waals surface area (Å²) in [5.41, 5.74) is 0. The van der Waals surface area contributed by atoms with Crippen LogP contribution >= 0.6 is 0 Å². The third kappa shape index (κ3) is 6.58. The highest BCUT2D eigenvalue weighted by molar-refractivity contribution is 5.69. The van der Waals surface area contributed by atoms with E-state index in [1.165, 1.54) is 0 Å². The van der Waals surface area contributed by atoms with Crippen LogP contribution in [0.1, 0.15) is 45.4 Å². The van der Waals surface area contributed by atoms with Crippen LogP contribution in [0.15, 0.2) is 0 Å². The minimum atomic E-state index is -0.675. The highest BCUT2D eigenvalue weighted by atomic mass is 16.4.